The third kappa shape index (κ3) is 3.50. The average Bonchev–Trinajstić information content (AvgIpc) is 3.31. The zero-order valence-electron chi connectivity index (χ0n) is 18.8. The lowest BCUT2D eigenvalue weighted by Crippen LogP contribution is -2.60. The summed E-state index contributed by atoms with van der Waals surface area (Å²) in [7, 11) is 0. The van der Waals surface area contributed by atoms with E-state index >= 15 is 0 Å². The SMILES string of the molecule is CCOc1cc(-c2ccc(N3C[C@H]4C[C@@H](C3)[C@H]4Oc3ccccn3)nc2)c2c(C#N)cnn2c1. The van der Waals surface area contributed by atoms with Crippen LogP contribution in [0.2, 0.25) is 0 Å². The second-order valence-corrected chi connectivity index (χ2v) is 8.80. The van der Waals surface area contributed by atoms with E-state index in [1.165, 1.54) is 6.42 Å². The van der Waals surface area contributed by atoms with E-state index in [-0.39, 0.29) is 6.10 Å². The molecule has 4 aromatic heterocycles. The number of aromatic nitrogens is 4. The lowest BCUT2D eigenvalue weighted by molar-refractivity contribution is -0.0367. The summed E-state index contributed by atoms with van der Waals surface area (Å²) < 4.78 is 13.6. The Hall–Kier alpha value is -4.12. The minimum atomic E-state index is 0.228. The lowest BCUT2D eigenvalue weighted by atomic mass is 9.68. The third-order valence-corrected chi connectivity index (χ3v) is 6.74. The van der Waals surface area contributed by atoms with Gasteiger partial charge in [0.2, 0.25) is 5.88 Å². The highest BCUT2D eigenvalue weighted by Gasteiger charge is 2.48. The molecule has 3 fully saturated rings. The number of anilines is 1. The van der Waals surface area contributed by atoms with Crippen molar-refractivity contribution in [3.63, 3.8) is 0 Å². The fraction of sp³-hybridized carbons (Fsp3) is 0.308. The van der Waals surface area contributed by atoms with Crippen LogP contribution in [-0.2, 0) is 0 Å². The molecule has 7 rings (SSSR count). The fourth-order valence-electron chi connectivity index (χ4n) is 5.16. The molecule has 1 aliphatic carbocycles. The molecule has 1 saturated carbocycles. The summed E-state index contributed by atoms with van der Waals surface area (Å²) in [6.07, 6.45) is 8.44. The van der Waals surface area contributed by atoms with Crippen LogP contribution in [0.25, 0.3) is 16.6 Å². The van der Waals surface area contributed by atoms with Crippen LogP contribution in [0.5, 0.6) is 11.6 Å². The largest absolute Gasteiger partial charge is 0.492 e. The molecule has 0 N–H and O–H groups in total. The van der Waals surface area contributed by atoms with Crippen molar-refractivity contribution in [1.82, 2.24) is 19.6 Å². The van der Waals surface area contributed by atoms with E-state index in [4.69, 9.17) is 14.5 Å². The first-order chi connectivity index (χ1) is 16.7. The van der Waals surface area contributed by atoms with E-state index < -0.39 is 0 Å². The molecule has 0 spiro atoms. The van der Waals surface area contributed by atoms with E-state index in [1.807, 2.05) is 37.4 Å². The van der Waals surface area contributed by atoms with Gasteiger partial charge in [-0.15, -0.1) is 0 Å². The smallest absolute Gasteiger partial charge is 0.213 e. The second kappa shape index (κ2) is 8.34. The molecule has 34 heavy (non-hydrogen) atoms. The van der Waals surface area contributed by atoms with Crippen molar-refractivity contribution in [1.29, 1.82) is 5.26 Å². The molecular weight excluding hydrogens is 428 g/mol. The standard InChI is InChI=1S/C26H24N6O2/c1-2-33-21-10-22(25-20(11-27)13-30-32(25)16-21)17-6-7-23(29-12-17)31-14-18-9-19(15-31)26(18)34-24-5-3-4-8-28-24/h3-8,10,12-13,16,18-19,26H,2,9,14-15H2,1H3/t18-,19+,26+. The van der Waals surface area contributed by atoms with Crippen LogP contribution in [0, 0.1) is 23.2 Å². The van der Waals surface area contributed by atoms with Crippen LogP contribution in [0.1, 0.15) is 18.9 Å². The fourth-order valence-corrected chi connectivity index (χ4v) is 5.16. The van der Waals surface area contributed by atoms with Crippen molar-refractivity contribution in [2.45, 2.75) is 19.4 Å². The average molecular weight is 453 g/mol. The van der Waals surface area contributed by atoms with Gasteiger partial charge in [0.1, 0.15) is 23.7 Å². The minimum absolute atomic E-state index is 0.228. The van der Waals surface area contributed by atoms with Gasteiger partial charge >= 0.3 is 0 Å². The van der Waals surface area contributed by atoms with Gasteiger partial charge in [-0.05, 0) is 37.6 Å². The Kier molecular flexibility index (Phi) is 5.02. The van der Waals surface area contributed by atoms with Gasteiger partial charge in [0, 0.05) is 54.5 Å². The zero-order valence-corrected chi connectivity index (χ0v) is 18.8. The predicted molar refractivity (Wildman–Crippen MR) is 127 cm³/mol. The Morgan fingerprint density at radius 2 is 2.00 bits per heavy atom. The number of hydrogen-bond donors (Lipinski definition) is 0. The predicted octanol–water partition coefficient (Wildman–Crippen LogP) is 3.97. The Balaban J connectivity index is 1.23. The summed E-state index contributed by atoms with van der Waals surface area (Å²) in [5.74, 6) is 3.33. The number of ether oxygens (including phenoxy) is 2. The van der Waals surface area contributed by atoms with E-state index in [2.05, 4.69) is 33.2 Å². The summed E-state index contributed by atoms with van der Waals surface area (Å²) in [6.45, 7) is 4.34. The lowest BCUT2D eigenvalue weighted by Gasteiger charge is -2.53. The maximum absolute atomic E-state index is 9.56. The molecule has 6 heterocycles. The monoisotopic (exact) mass is 452 g/mol. The molecule has 0 amide bonds. The van der Waals surface area contributed by atoms with Crippen molar-refractivity contribution in [3.05, 3.63) is 66.7 Å². The second-order valence-electron chi connectivity index (χ2n) is 8.80. The molecule has 2 bridgehead atoms. The van der Waals surface area contributed by atoms with Crippen LogP contribution >= 0.6 is 0 Å². The van der Waals surface area contributed by atoms with Crippen LogP contribution < -0.4 is 14.4 Å². The van der Waals surface area contributed by atoms with E-state index in [9.17, 15) is 5.26 Å². The Bertz CT molecular complexity index is 1350. The van der Waals surface area contributed by atoms with Gasteiger partial charge in [0.25, 0.3) is 0 Å². The van der Waals surface area contributed by atoms with E-state index in [0.29, 0.717) is 35.6 Å². The zero-order chi connectivity index (χ0) is 23.1. The summed E-state index contributed by atoms with van der Waals surface area (Å²) >= 11 is 0. The van der Waals surface area contributed by atoms with Gasteiger partial charge in [0.05, 0.1) is 30.1 Å². The number of piperidine rings is 2. The Morgan fingerprint density at radius 3 is 2.71 bits per heavy atom. The maximum Gasteiger partial charge on any atom is 0.213 e. The molecular formula is C26H24N6O2. The molecule has 0 unspecified atom stereocenters. The highest BCUT2D eigenvalue weighted by Crippen LogP contribution is 2.43. The van der Waals surface area contributed by atoms with Gasteiger partial charge in [-0.1, -0.05) is 6.07 Å². The molecule has 8 heteroatoms. The molecule has 3 atom stereocenters. The van der Waals surface area contributed by atoms with Gasteiger partial charge in [-0.2, -0.15) is 10.4 Å². The number of hydrogen-bond acceptors (Lipinski definition) is 7. The quantitative estimate of drug-likeness (QED) is 0.437. The third-order valence-electron chi connectivity index (χ3n) is 6.74. The maximum atomic E-state index is 9.56. The van der Waals surface area contributed by atoms with Gasteiger partial charge in [-0.3, -0.25) is 0 Å². The first-order valence-corrected chi connectivity index (χ1v) is 11.6. The number of nitriles is 1. The molecule has 2 aliphatic heterocycles. The molecule has 4 aromatic rings. The first kappa shape index (κ1) is 20.5. The molecule has 0 radical (unpaired) electrons. The molecule has 3 aliphatic rings. The highest BCUT2D eigenvalue weighted by atomic mass is 16.5. The Morgan fingerprint density at radius 1 is 1.12 bits per heavy atom. The Labute approximate surface area is 197 Å². The normalized spacial score (nSPS) is 21.1. The minimum Gasteiger partial charge on any atom is -0.492 e. The van der Waals surface area contributed by atoms with Crippen LogP contribution in [0.3, 0.4) is 0 Å². The molecule has 170 valence electrons. The number of fused-ring (bicyclic) bond motifs is 3. The number of nitrogens with zero attached hydrogens (tertiary/aromatic N) is 6. The van der Waals surface area contributed by atoms with Crippen molar-refractivity contribution < 1.29 is 9.47 Å². The van der Waals surface area contributed by atoms with Crippen molar-refractivity contribution in [3.8, 4) is 28.8 Å². The van der Waals surface area contributed by atoms with Crippen LogP contribution in [0.15, 0.2) is 61.2 Å². The van der Waals surface area contributed by atoms with E-state index in [0.717, 1.165) is 35.6 Å². The van der Waals surface area contributed by atoms with Gasteiger partial charge in [0.15, 0.2) is 0 Å². The van der Waals surface area contributed by atoms with Crippen LogP contribution in [-0.4, -0.2) is 45.4 Å². The molecule has 0 aromatic carbocycles. The topological polar surface area (TPSA) is 88.6 Å². The van der Waals surface area contributed by atoms with Crippen LogP contribution in [0.4, 0.5) is 5.82 Å². The number of rotatable bonds is 6. The summed E-state index contributed by atoms with van der Waals surface area (Å²) in [4.78, 5) is 11.4. The molecule has 2 saturated heterocycles. The molecule has 8 nitrogen and oxygen atoms in total. The van der Waals surface area contributed by atoms with Crippen molar-refractivity contribution >= 4 is 11.3 Å². The summed E-state index contributed by atoms with van der Waals surface area (Å²) in [5, 5.41) is 13.9. The number of pyridine rings is 3. The van der Waals surface area contributed by atoms with Crippen molar-refractivity contribution in [2.24, 2.45) is 11.8 Å². The summed E-state index contributed by atoms with van der Waals surface area (Å²) in [6, 6.07) is 14.1. The van der Waals surface area contributed by atoms with Gasteiger partial charge < -0.3 is 14.4 Å². The van der Waals surface area contributed by atoms with Gasteiger partial charge in [-0.25, -0.2) is 14.5 Å². The van der Waals surface area contributed by atoms with Crippen molar-refractivity contribution in [2.75, 3.05) is 24.6 Å². The first-order valence-electron chi connectivity index (χ1n) is 11.6. The van der Waals surface area contributed by atoms with E-state index in [1.54, 1.807) is 23.1 Å². The highest BCUT2D eigenvalue weighted by molar-refractivity contribution is 5.85. The summed E-state index contributed by atoms with van der Waals surface area (Å²) in [5.41, 5.74) is 3.08.